The second-order valence-electron chi connectivity index (χ2n) is 13.4. The van der Waals surface area contributed by atoms with Gasteiger partial charge in [0, 0.05) is 23.7 Å². The highest BCUT2D eigenvalue weighted by molar-refractivity contribution is 5.70. The quantitative estimate of drug-likeness (QED) is 0.584. The molecule has 0 aromatic carbocycles. The summed E-state index contributed by atoms with van der Waals surface area (Å²) in [6.07, 6.45) is 10.9. The van der Waals surface area contributed by atoms with E-state index in [-0.39, 0.29) is 11.6 Å². The van der Waals surface area contributed by atoms with Gasteiger partial charge in [-0.25, -0.2) is 0 Å². The normalized spacial score (nSPS) is 83.7. The number of ether oxygens (including phenoxy) is 4. The summed E-state index contributed by atoms with van der Waals surface area (Å²) in [7, 11) is 0. The number of hydrogen-bond acceptors (Lipinski definition) is 4. The molecule has 9 saturated carbocycles. The number of hydrogen-bond donors (Lipinski definition) is 0. The van der Waals surface area contributed by atoms with E-state index in [1.165, 1.54) is 0 Å². The van der Waals surface area contributed by atoms with E-state index >= 15 is 0 Å². The van der Waals surface area contributed by atoms with Gasteiger partial charge >= 0.3 is 0 Å². The van der Waals surface area contributed by atoms with Gasteiger partial charge in [-0.05, 0) is 69.0 Å². The van der Waals surface area contributed by atoms with Gasteiger partial charge in [-0.15, -0.1) is 0 Å². The molecule has 8 bridgehead atoms. The summed E-state index contributed by atoms with van der Waals surface area (Å²) in [4.78, 5) is 0. The van der Waals surface area contributed by atoms with Gasteiger partial charge in [0.2, 0.25) is 0 Å². The molecule has 9 unspecified atom stereocenters. The van der Waals surface area contributed by atoms with Crippen LogP contribution in [0.1, 0.15) is 0 Å². The number of rotatable bonds is 0. The van der Waals surface area contributed by atoms with Crippen molar-refractivity contribution in [3.8, 4) is 0 Å². The topological polar surface area (TPSA) is 36.9 Å². The molecule has 2 aliphatic heterocycles. The predicted molar refractivity (Wildman–Crippen MR) is 99.2 cm³/mol. The van der Waals surface area contributed by atoms with E-state index in [0.29, 0.717) is 45.3 Å². The molecule has 30 heavy (non-hydrogen) atoms. The van der Waals surface area contributed by atoms with Crippen molar-refractivity contribution in [3.05, 3.63) is 24.3 Å². The highest BCUT2D eigenvalue weighted by Gasteiger charge is 3.22. The Morgan fingerprint density at radius 1 is 0.433 bits per heavy atom. The SMILES string of the molecule is C1=C[C@H]2C3C4[C@@H]1C15[C@H]6C7C8C(C69OCCO9)C16[C@H]4C=C[C@H]3C61[C@@H]8C3(OCCO3)[C@@H]7C251. The minimum absolute atomic E-state index is 0.261. The van der Waals surface area contributed by atoms with Crippen molar-refractivity contribution in [1.29, 1.82) is 0 Å². The Balaban J connectivity index is 1.32. The van der Waals surface area contributed by atoms with Gasteiger partial charge in [-0.1, -0.05) is 24.3 Å². The Kier molecular flexibility index (Phi) is 1.40. The molecule has 0 radical (unpaired) electrons. The van der Waals surface area contributed by atoms with Crippen LogP contribution in [0.3, 0.4) is 0 Å². The van der Waals surface area contributed by atoms with Crippen molar-refractivity contribution in [1.82, 2.24) is 0 Å². The van der Waals surface area contributed by atoms with Crippen LogP contribution in [0.2, 0.25) is 0 Å². The van der Waals surface area contributed by atoms with Crippen molar-refractivity contribution in [2.24, 2.45) is 92.7 Å². The average molecular weight is 400 g/mol. The Labute approximate surface area is 174 Å². The van der Waals surface area contributed by atoms with Crippen molar-refractivity contribution in [3.63, 3.8) is 0 Å². The van der Waals surface area contributed by atoms with Crippen molar-refractivity contribution >= 4 is 0 Å². The third kappa shape index (κ3) is 0.616. The van der Waals surface area contributed by atoms with Gasteiger partial charge in [-0.3, -0.25) is 0 Å². The standard InChI is InChI=1S/C26H24O4/c1-2-10-14-12-4-3-11-13(14)9(1)21-17-15-16-19(25(17)27-5-6-28-25)23(11,21)24(12)20(16)26(29-7-8-30-26)18(15)22(10,21)24/h1-4,9-20H,5-8H2/t9-,10+,11+,12-,13?,14?,15?,16?,17-,18+,19+,20?,21?,22?,23?,24?/m0/s1. The van der Waals surface area contributed by atoms with E-state index in [0.717, 1.165) is 73.8 Å². The van der Waals surface area contributed by atoms with E-state index < -0.39 is 0 Å². The van der Waals surface area contributed by atoms with Crippen molar-refractivity contribution in [2.75, 3.05) is 26.4 Å². The Bertz CT molecular complexity index is 984. The van der Waals surface area contributed by atoms with Crippen LogP contribution in [0.5, 0.6) is 0 Å². The molecular weight excluding hydrogens is 376 g/mol. The molecule has 6 spiro atoms. The first-order chi connectivity index (χ1) is 14.8. The van der Waals surface area contributed by atoms with Crippen LogP contribution in [0.25, 0.3) is 0 Å². The summed E-state index contributed by atoms with van der Waals surface area (Å²) in [6.45, 7) is 3.25. The fraction of sp³-hybridized carbons (Fsp3) is 0.846. The van der Waals surface area contributed by atoms with Crippen LogP contribution < -0.4 is 0 Å². The second-order valence-corrected chi connectivity index (χ2v) is 13.4. The molecule has 152 valence electrons. The van der Waals surface area contributed by atoms with Crippen molar-refractivity contribution in [2.45, 2.75) is 11.6 Å². The summed E-state index contributed by atoms with van der Waals surface area (Å²) in [5, 5.41) is 0. The summed E-state index contributed by atoms with van der Waals surface area (Å²) < 4.78 is 27.4. The first kappa shape index (κ1) is 13.8. The first-order valence-corrected chi connectivity index (χ1v) is 12.8. The molecule has 4 heteroatoms. The average Bonchev–Trinajstić information content (AvgIpc) is 3.58. The minimum atomic E-state index is -0.261. The maximum Gasteiger partial charge on any atom is 0.175 e. The number of allylic oxidation sites excluding steroid dienone is 4. The highest BCUT2D eigenvalue weighted by Crippen LogP contribution is 3.21. The van der Waals surface area contributed by atoms with Crippen LogP contribution in [0.15, 0.2) is 24.3 Å². The van der Waals surface area contributed by atoms with Crippen LogP contribution in [0.4, 0.5) is 0 Å². The summed E-state index contributed by atoms with van der Waals surface area (Å²) in [5.74, 6) is 8.25. The predicted octanol–water partition coefficient (Wildman–Crippen LogP) is 2.07. The molecule has 15 aliphatic rings. The lowest BCUT2D eigenvalue weighted by Gasteiger charge is -2.79. The molecule has 11 fully saturated rings. The van der Waals surface area contributed by atoms with E-state index in [1.807, 2.05) is 0 Å². The van der Waals surface area contributed by atoms with Gasteiger partial charge < -0.3 is 18.9 Å². The zero-order valence-electron chi connectivity index (χ0n) is 16.7. The van der Waals surface area contributed by atoms with Gasteiger partial charge in [0.05, 0.1) is 26.4 Å². The molecule has 2 heterocycles. The Morgan fingerprint density at radius 3 is 1.03 bits per heavy atom. The maximum atomic E-state index is 6.84. The van der Waals surface area contributed by atoms with Gasteiger partial charge in [-0.2, -0.15) is 0 Å². The molecule has 0 aromatic rings. The molecular formula is C26H24O4. The molecule has 2 saturated heterocycles. The van der Waals surface area contributed by atoms with Crippen LogP contribution in [-0.4, -0.2) is 38.0 Å². The Hall–Kier alpha value is -0.680. The maximum absolute atomic E-state index is 6.84. The lowest BCUT2D eigenvalue weighted by molar-refractivity contribution is -0.334. The third-order valence-corrected chi connectivity index (χ3v) is 15.2. The largest absolute Gasteiger partial charge is 0.347 e. The summed E-state index contributed by atoms with van der Waals surface area (Å²) >= 11 is 0. The van der Waals surface area contributed by atoms with Gasteiger partial charge in [0.1, 0.15) is 0 Å². The highest BCUT2D eigenvalue weighted by atomic mass is 16.8. The molecule has 15 rings (SSSR count). The summed E-state index contributed by atoms with van der Waals surface area (Å²) in [5.41, 5.74) is 1.72. The molecule has 0 amide bonds. The smallest absolute Gasteiger partial charge is 0.175 e. The van der Waals surface area contributed by atoms with Crippen LogP contribution in [-0.2, 0) is 18.9 Å². The minimum Gasteiger partial charge on any atom is -0.347 e. The van der Waals surface area contributed by atoms with E-state index in [9.17, 15) is 0 Å². The molecule has 16 atom stereocenters. The third-order valence-electron chi connectivity index (χ3n) is 15.2. The van der Waals surface area contributed by atoms with Gasteiger partial charge in [0.25, 0.3) is 0 Å². The lowest BCUT2D eigenvalue weighted by atomic mass is 9.22. The van der Waals surface area contributed by atoms with Crippen molar-refractivity contribution < 1.29 is 18.9 Å². The van der Waals surface area contributed by atoms with Gasteiger partial charge in [0.15, 0.2) is 11.6 Å². The lowest BCUT2D eigenvalue weighted by Crippen LogP contribution is -2.78. The fourth-order valence-electron chi connectivity index (χ4n) is 17.4. The monoisotopic (exact) mass is 400 g/mol. The van der Waals surface area contributed by atoms with E-state index in [2.05, 4.69) is 24.3 Å². The van der Waals surface area contributed by atoms with Crippen LogP contribution >= 0.6 is 0 Å². The molecule has 0 N–H and O–H groups in total. The zero-order chi connectivity index (χ0) is 18.4. The Morgan fingerprint density at radius 2 is 0.733 bits per heavy atom. The zero-order valence-corrected chi connectivity index (χ0v) is 16.7. The van der Waals surface area contributed by atoms with E-state index in [1.54, 1.807) is 0 Å². The van der Waals surface area contributed by atoms with E-state index in [4.69, 9.17) is 18.9 Å². The summed E-state index contributed by atoms with van der Waals surface area (Å²) in [6, 6.07) is 0. The molecule has 13 aliphatic carbocycles. The molecule has 0 aromatic heterocycles. The van der Waals surface area contributed by atoms with Crippen LogP contribution in [0, 0.1) is 92.7 Å². The fourth-order valence-corrected chi connectivity index (χ4v) is 17.4. The molecule has 4 nitrogen and oxygen atoms in total. The first-order valence-electron chi connectivity index (χ1n) is 12.8. The second kappa shape index (κ2) is 3.04.